The van der Waals surface area contributed by atoms with Crippen LogP contribution in [0.5, 0.6) is 0 Å². The van der Waals surface area contributed by atoms with Gasteiger partial charge in [-0.1, -0.05) is 0 Å². The van der Waals surface area contributed by atoms with Crippen molar-refractivity contribution < 1.29 is 171 Å². The van der Waals surface area contributed by atoms with Crippen molar-refractivity contribution in [2.24, 2.45) is 0 Å². The van der Waals surface area contributed by atoms with Crippen LogP contribution >= 0.6 is 0 Å². The van der Waals surface area contributed by atoms with Crippen molar-refractivity contribution in [1.82, 2.24) is 0 Å². The van der Waals surface area contributed by atoms with E-state index in [1.54, 1.807) is 0 Å². The number of nitrogens with zero attached hydrogens (tertiary/aromatic N) is 6. The van der Waals surface area contributed by atoms with Gasteiger partial charge >= 0.3 is 154 Å². The molecule has 0 aromatic heterocycles. The molecule has 0 saturated heterocycles. The minimum Gasteiger partial charge on any atom is -0.512 e. The summed E-state index contributed by atoms with van der Waals surface area (Å²) in [5.41, 5.74) is 0. The summed E-state index contributed by atoms with van der Waals surface area (Å²) in [6, 6.07) is 0. The summed E-state index contributed by atoms with van der Waals surface area (Å²) >= 11 is 0. The zero-order valence-electron chi connectivity index (χ0n) is 9.02. The molecule has 0 spiro atoms. The minimum absolute atomic E-state index is 0. The molecule has 16 heavy (non-hydrogen) atoms. The summed E-state index contributed by atoms with van der Waals surface area (Å²) in [5, 5.41) is 37.5. The average molecular weight is 332 g/mol. The molecular formula is C6CoK3N6-3. The summed E-state index contributed by atoms with van der Waals surface area (Å²) in [4.78, 5) is 0. The molecule has 0 fully saturated rings. The first-order valence-electron chi connectivity index (χ1n) is 1.34. The molecule has 0 heterocycles. The van der Waals surface area contributed by atoms with Crippen LogP contribution in [0.15, 0.2) is 0 Å². The Morgan fingerprint density at radius 1 is 0.312 bits per heavy atom. The number of rotatable bonds is 0. The maximum atomic E-state index is 6.25. The zero-order valence-corrected chi connectivity index (χ0v) is 19.4. The molecule has 0 atom stereocenters. The fourth-order valence-electron chi connectivity index (χ4n) is 0. The van der Waals surface area contributed by atoms with Crippen LogP contribution in [0.3, 0.4) is 0 Å². The van der Waals surface area contributed by atoms with E-state index in [0.29, 0.717) is 0 Å². The maximum Gasteiger partial charge on any atom is 1.00 e. The molecule has 0 aliphatic heterocycles. The van der Waals surface area contributed by atoms with Crippen molar-refractivity contribution in [2.75, 3.05) is 0 Å². The van der Waals surface area contributed by atoms with E-state index < -0.39 is 0 Å². The van der Waals surface area contributed by atoms with Crippen molar-refractivity contribution >= 4 is 0 Å². The smallest absolute Gasteiger partial charge is 0.512 e. The van der Waals surface area contributed by atoms with Gasteiger partial charge in [-0.3, -0.25) is 0 Å². The van der Waals surface area contributed by atoms with Crippen LogP contribution in [0.1, 0.15) is 0 Å². The molecule has 1 radical (unpaired) electrons. The van der Waals surface area contributed by atoms with E-state index in [0.717, 1.165) is 0 Å². The quantitative estimate of drug-likeness (QED) is 0.318. The number of hydrogen-bond acceptors (Lipinski definition) is 6. The van der Waals surface area contributed by atoms with Crippen molar-refractivity contribution in [3.63, 3.8) is 0 Å². The Hall–Kier alpha value is 2.36. The van der Waals surface area contributed by atoms with Crippen LogP contribution < -0.4 is 154 Å². The van der Waals surface area contributed by atoms with Crippen LogP contribution in [0, 0.1) is 71.0 Å². The van der Waals surface area contributed by atoms with Gasteiger partial charge in [-0.05, 0) is 0 Å². The molecule has 0 rings (SSSR count). The normalized spacial score (nSPS) is 0.750. The average Bonchev–Trinajstić information content (AvgIpc) is 2.33. The summed E-state index contributed by atoms with van der Waals surface area (Å²) in [7, 11) is 0. The van der Waals surface area contributed by atoms with Gasteiger partial charge in [0.25, 0.3) is 0 Å². The molecule has 0 bridgehead atoms. The summed E-state index contributed by atoms with van der Waals surface area (Å²) in [6.07, 6.45) is 0. The van der Waals surface area contributed by atoms with Crippen molar-refractivity contribution in [2.45, 2.75) is 0 Å². The van der Waals surface area contributed by atoms with Crippen LogP contribution in [0.2, 0.25) is 0 Å². The molecule has 69 valence electrons. The third kappa shape index (κ3) is 695. The zero-order chi connectivity index (χ0) is 12.0. The van der Waals surface area contributed by atoms with E-state index in [-0.39, 0.29) is 171 Å². The predicted molar refractivity (Wildman–Crippen MR) is 29.8 cm³/mol. The standard InChI is InChI=1S/6CN.Co.3K/c6*1-2;;;;/q6*-1;;3*+1. The van der Waals surface area contributed by atoms with E-state index in [4.69, 9.17) is 71.0 Å². The Morgan fingerprint density at radius 3 is 0.312 bits per heavy atom. The van der Waals surface area contributed by atoms with Crippen LogP contribution in [-0.4, -0.2) is 0 Å². The predicted octanol–water partition coefficient (Wildman–Crippen LogP) is -8.41. The van der Waals surface area contributed by atoms with Gasteiger partial charge in [-0.2, -0.15) is 0 Å². The Labute approximate surface area is 235 Å². The third-order valence-corrected chi connectivity index (χ3v) is 0. The molecule has 0 unspecified atom stereocenters. The van der Waals surface area contributed by atoms with E-state index in [1.165, 1.54) is 0 Å². The van der Waals surface area contributed by atoms with Gasteiger partial charge in [-0.25, -0.2) is 0 Å². The second kappa shape index (κ2) is 837. The fraction of sp³-hybridized carbons (Fsp3) is 0. The van der Waals surface area contributed by atoms with Crippen molar-refractivity contribution in [1.29, 1.82) is 31.6 Å². The fourth-order valence-corrected chi connectivity index (χ4v) is 0. The summed E-state index contributed by atoms with van der Waals surface area (Å²) in [5.74, 6) is 0. The number of hydrogen-bond donors (Lipinski definition) is 0. The molecule has 0 aliphatic carbocycles. The third-order valence-electron chi connectivity index (χ3n) is 0. The molecule has 10 heteroatoms. The van der Waals surface area contributed by atoms with Crippen molar-refractivity contribution in [3.05, 3.63) is 39.4 Å². The van der Waals surface area contributed by atoms with E-state index in [2.05, 4.69) is 0 Å². The summed E-state index contributed by atoms with van der Waals surface area (Å²) < 4.78 is 0. The van der Waals surface area contributed by atoms with Crippen LogP contribution in [0.4, 0.5) is 0 Å². The second-order valence-corrected chi connectivity index (χ2v) is 0. The monoisotopic (exact) mass is 332 g/mol. The molecule has 0 aromatic rings. The van der Waals surface area contributed by atoms with Gasteiger partial charge < -0.3 is 71.0 Å². The van der Waals surface area contributed by atoms with Gasteiger partial charge in [0, 0.05) is 16.8 Å². The minimum atomic E-state index is 0. The Kier molecular flexibility index (Phi) is 4140. The molecule has 0 aromatic carbocycles. The molecule has 6 nitrogen and oxygen atoms in total. The van der Waals surface area contributed by atoms with Gasteiger partial charge in [0.1, 0.15) is 0 Å². The molecule has 0 aliphatic rings. The van der Waals surface area contributed by atoms with Gasteiger partial charge in [0.15, 0.2) is 0 Å². The second-order valence-electron chi connectivity index (χ2n) is 0. The first-order valence-corrected chi connectivity index (χ1v) is 1.34. The first-order chi connectivity index (χ1) is 6.00. The Morgan fingerprint density at radius 2 is 0.312 bits per heavy atom. The largest absolute Gasteiger partial charge is 1.00 e. The van der Waals surface area contributed by atoms with Gasteiger partial charge in [0.05, 0.1) is 0 Å². The SMILES string of the molecule is [C-]#N.[C-]#N.[C-]#N.[C-]#N.[C-]#N.[C-]#N.[Co].[K+].[K+].[K+]. The Balaban J connectivity index is -0.00000000321. The van der Waals surface area contributed by atoms with E-state index in [9.17, 15) is 0 Å². The van der Waals surface area contributed by atoms with E-state index >= 15 is 0 Å². The topological polar surface area (TPSA) is 143 Å². The first kappa shape index (κ1) is 79.2. The molecular weight excluding hydrogens is 332 g/mol. The Bertz CT molecular complexity index is 103. The molecule has 0 saturated carbocycles. The molecule has 0 amide bonds. The van der Waals surface area contributed by atoms with E-state index in [1.807, 2.05) is 0 Å². The van der Waals surface area contributed by atoms with Crippen LogP contribution in [-0.2, 0) is 16.8 Å². The molecule has 0 N–H and O–H groups in total. The van der Waals surface area contributed by atoms with Gasteiger partial charge in [0.2, 0.25) is 0 Å². The van der Waals surface area contributed by atoms with Crippen LogP contribution in [0.25, 0.3) is 0 Å². The maximum absolute atomic E-state index is 6.25. The van der Waals surface area contributed by atoms with Crippen molar-refractivity contribution in [3.8, 4) is 0 Å². The summed E-state index contributed by atoms with van der Waals surface area (Å²) in [6.45, 7) is 28.5. The van der Waals surface area contributed by atoms with Gasteiger partial charge in [-0.15, -0.1) is 0 Å².